The first-order chi connectivity index (χ1) is 8.36. The second kappa shape index (κ2) is 5.50. The SMILES string of the molecule is CC(CO)NC(=O)c1cc(F)cc([N+](=O)[O-])c1F. The molecule has 0 heterocycles. The van der Waals surface area contributed by atoms with Crippen LogP contribution in [-0.4, -0.2) is 28.6 Å². The quantitative estimate of drug-likeness (QED) is 0.623. The molecule has 1 atom stereocenters. The zero-order chi connectivity index (χ0) is 13.9. The van der Waals surface area contributed by atoms with Crippen molar-refractivity contribution >= 4 is 11.6 Å². The number of aliphatic hydroxyl groups excluding tert-OH is 1. The van der Waals surface area contributed by atoms with Crippen molar-refractivity contribution in [1.82, 2.24) is 5.32 Å². The van der Waals surface area contributed by atoms with Crippen molar-refractivity contribution in [1.29, 1.82) is 0 Å². The maximum atomic E-state index is 13.6. The number of nitro benzene ring substituents is 1. The van der Waals surface area contributed by atoms with E-state index in [0.29, 0.717) is 12.1 Å². The van der Waals surface area contributed by atoms with Crippen LogP contribution in [0, 0.1) is 21.7 Å². The highest BCUT2D eigenvalue weighted by Gasteiger charge is 2.24. The lowest BCUT2D eigenvalue weighted by molar-refractivity contribution is -0.387. The smallest absolute Gasteiger partial charge is 0.308 e. The Labute approximate surface area is 100 Å². The lowest BCUT2D eigenvalue weighted by atomic mass is 10.1. The van der Waals surface area contributed by atoms with Gasteiger partial charge in [0.05, 0.1) is 23.2 Å². The van der Waals surface area contributed by atoms with E-state index >= 15 is 0 Å². The molecule has 1 rings (SSSR count). The van der Waals surface area contributed by atoms with Crippen molar-refractivity contribution in [2.24, 2.45) is 0 Å². The van der Waals surface area contributed by atoms with Crippen molar-refractivity contribution in [3.63, 3.8) is 0 Å². The highest BCUT2D eigenvalue weighted by Crippen LogP contribution is 2.22. The molecule has 1 unspecified atom stereocenters. The molecule has 0 aromatic heterocycles. The highest BCUT2D eigenvalue weighted by atomic mass is 19.1. The summed E-state index contributed by atoms with van der Waals surface area (Å²) in [7, 11) is 0. The number of carbonyl (C=O) groups is 1. The summed E-state index contributed by atoms with van der Waals surface area (Å²) in [5, 5.41) is 21.3. The van der Waals surface area contributed by atoms with E-state index in [-0.39, 0.29) is 0 Å². The summed E-state index contributed by atoms with van der Waals surface area (Å²) in [6.45, 7) is 1.04. The second-order valence-electron chi connectivity index (χ2n) is 3.60. The first-order valence-electron chi connectivity index (χ1n) is 4.92. The van der Waals surface area contributed by atoms with Crippen molar-refractivity contribution in [2.75, 3.05) is 6.61 Å². The Kier molecular flexibility index (Phi) is 4.27. The molecule has 0 aliphatic heterocycles. The summed E-state index contributed by atoms with van der Waals surface area (Å²) in [6, 6.07) is 0.266. The number of benzene rings is 1. The Bertz CT molecular complexity index is 493. The van der Waals surface area contributed by atoms with Gasteiger partial charge in [0.25, 0.3) is 5.91 Å². The molecule has 0 saturated heterocycles. The van der Waals surface area contributed by atoms with Crippen LogP contribution in [0.15, 0.2) is 12.1 Å². The Hall–Kier alpha value is -2.09. The van der Waals surface area contributed by atoms with E-state index in [4.69, 9.17) is 5.11 Å². The van der Waals surface area contributed by atoms with E-state index in [1.807, 2.05) is 0 Å². The van der Waals surface area contributed by atoms with Crippen LogP contribution >= 0.6 is 0 Å². The van der Waals surface area contributed by atoms with Crippen LogP contribution in [0.1, 0.15) is 17.3 Å². The van der Waals surface area contributed by atoms with E-state index in [1.165, 1.54) is 6.92 Å². The van der Waals surface area contributed by atoms with E-state index in [1.54, 1.807) is 0 Å². The summed E-state index contributed by atoms with van der Waals surface area (Å²) in [5.74, 6) is -3.54. The molecule has 8 heteroatoms. The fraction of sp³-hybridized carbons (Fsp3) is 0.300. The fourth-order valence-electron chi connectivity index (χ4n) is 1.22. The van der Waals surface area contributed by atoms with Gasteiger partial charge in [0.15, 0.2) is 0 Å². The molecule has 0 aliphatic rings. The van der Waals surface area contributed by atoms with E-state index in [0.717, 1.165) is 0 Å². The lowest BCUT2D eigenvalue weighted by Crippen LogP contribution is -2.35. The molecule has 0 bridgehead atoms. The van der Waals surface area contributed by atoms with E-state index < -0.39 is 46.4 Å². The van der Waals surface area contributed by atoms with Crippen LogP contribution in [0.25, 0.3) is 0 Å². The summed E-state index contributed by atoms with van der Waals surface area (Å²) < 4.78 is 26.6. The van der Waals surface area contributed by atoms with Gasteiger partial charge in [-0.15, -0.1) is 0 Å². The number of halogens is 2. The van der Waals surface area contributed by atoms with Gasteiger partial charge in [0.2, 0.25) is 5.82 Å². The Morgan fingerprint density at radius 2 is 2.17 bits per heavy atom. The first-order valence-corrected chi connectivity index (χ1v) is 4.92. The Morgan fingerprint density at radius 1 is 1.56 bits per heavy atom. The molecule has 18 heavy (non-hydrogen) atoms. The molecule has 0 aliphatic carbocycles. The number of hydrogen-bond acceptors (Lipinski definition) is 4. The predicted molar refractivity (Wildman–Crippen MR) is 57.0 cm³/mol. The fourth-order valence-corrected chi connectivity index (χ4v) is 1.22. The average molecular weight is 260 g/mol. The van der Waals surface area contributed by atoms with Crippen LogP contribution in [0.4, 0.5) is 14.5 Å². The number of rotatable bonds is 4. The van der Waals surface area contributed by atoms with Crippen molar-refractivity contribution < 1.29 is 23.6 Å². The molecule has 0 radical (unpaired) electrons. The summed E-state index contributed by atoms with van der Waals surface area (Å²) in [4.78, 5) is 20.8. The van der Waals surface area contributed by atoms with E-state index in [2.05, 4.69) is 5.32 Å². The van der Waals surface area contributed by atoms with E-state index in [9.17, 15) is 23.7 Å². The third-order valence-corrected chi connectivity index (χ3v) is 2.11. The minimum atomic E-state index is -1.41. The molecule has 6 nitrogen and oxygen atoms in total. The summed E-state index contributed by atoms with van der Waals surface area (Å²) >= 11 is 0. The normalized spacial score (nSPS) is 12.0. The van der Waals surface area contributed by atoms with Crippen molar-refractivity contribution in [2.45, 2.75) is 13.0 Å². The number of nitrogens with one attached hydrogen (secondary N) is 1. The minimum absolute atomic E-state index is 0.390. The molecule has 2 N–H and O–H groups in total. The summed E-state index contributed by atoms with van der Waals surface area (Å²) in [6.07, 6.45) is 0. The van der Waals surface area contributed by atoms with Gasteiger partial charge < -0.3 is 10.4 Å². The van der Waals surface area contributed by atoms with Crippen LogP contribution in [0.2, 0.25) is 0 Å². The monoisotopic (exact) mass is 260 g/mol. The molecule has 0 saturated carbocycles. The average Bonchev–Trinajstić information content (AvgIpc) is 2.30. The lowest BCUT2D eigenvalue weighted by Gasteiger charge is -2.11. The molecule has 98 valence electrons. The number of nitrogens with zero attached hydrogens (tertiary/aromatic N) is 1. The largest absolute Gasteiger partial charge is 0.394 e. The van der Waals surface area contributed by atoms with Gasteiger partial charge in [-0.2, -0.15) is 4.39 Å². The number of aliphatic hydroxyl groups is 1. The number of nitro groups is 1. The molecular weight excluding hydrogens is 250 g/mol. The number of carbonyl (C=O) groups excluding carboxylic acids is 1. The maximum Gasteiger partial charge on any atom is 0.308 e. The molecule has 0 fully saturated rings. The van der Waals surface area contributed by atoms with Gasteiger partial charge >= 0.3 is 5.69 Å². The van der Waals surface area contributed by atoms with Gasteiger partial charge in [-0.3, -0.25) is 14.9 Å². The Balaban J connectivity index is 3.16. The maximum absolute atomic E-state index is 13.6. The first kappa shape index (κ1) is 14.0. The zero-order valence-corrected chi connectivity index (χ0v) is 9.31. The van der Waals surface area contributed by atoms with Gasteiger partial charge in [-0.25, -0.2) is 4.39 Å². The van der Waals surface area contributed by atoms with Crippen LogP contribution in [0.5, 0.6) is 0 Å². The number of amides is 1. The second-order valence-corrected chi connectivity index (χ2v) is 3.60. The van der Waals surface area contributed by atoms with Crippen LogP contribution in [-0.2, 0) is 0 Å². The van der Waals surface area contributed by atoms with Gasteiger partial charge in [0.1, 0.15) is 5.82 Å². The molecule has 1 aromatic rings. The van der Waals surface area contributed by atoms with Crippen LogP contribution < -0.4 is 5.32 Å². The molecule has 1 aromatic carbocycles. The van der Waals surface area contributed by atoms with Gasteiger partial charge in [-0.1, -0.05) is 0 Å². The van der Waals surface area contributed by atoms with Crippen molar-refractivity contribution in [3.05, 3.63) is 39.4 Å². The minimum Gasteiger partial charge on any atom is -0.394 e. The zero-order valence-electron chi connectivity index (χ0n) is 9.31. The standard InChI is InChI=1S/C10H10F2N2O4/c1-5(4-15)13-10(16)7-2-6(11)3-8(9(7)12)14(17)18/h2-3,5,15H,4H2,1H3,(H,13,16). The highest BCUT2D eigenvalue weighted by molar-refractivity contribution is 5.95. The number of hydrogen-bond donors (Lipinski definition) is 2. The van der Waals surface area contributed by atoms with Gasteiger partial charge in [-0.05, 0) is 13.0 Å². The molecule has 0 spiro atoms. The third-order valence-electron chi connectivity index (χ3n) is 2.11. The predicted octanol–water partition coefficient (Wildman–Crippen LogP) is 0.984. The molecule has 1 amide bonds. The summed E-state index contributed by atoms with van der Waals surface area (Å²) in [5.41, 5.74) is -1.89. The molecular formula is C10H10F2N2O4. The van der Waals surface area contributed by atoms with Crippen LogP contribution in [0.3, 0.4) is 0 Å². The topological polar surface area (TPSA) is 92.5 Å². The van der Waals surface area contributed by atoms with Crippen molar-refractivity contribution in [3.8, 4) is 0 Å². The Morgan fingerprint density at radius 3 is 2.67 bits per heavy atom. The van der Waals surface area contributed by atoms with Gasteiger partial charge in [0, 0.05) is 6.04 Å². The third kappa shape index (κ3) is 2.98.